The van der Waals surface area contributed by atoms with Gasteiger partial charge in [-0.2, -0.15) is 5.10 Å². The first-order valence-electron chi connectivity index (χ1n) is 7.54. The van der Waals surface area contributed by atoms with Gasteiger partial charge in [-0.25, -0.2) is 9.48 Å². The molecule has 1 aromatic heterocycles. The summed E-state index contributed by atoms with van der Waals surface area (Å²) >= 11 is 0. The zero-order chi connectivity index (χ0) is 17.1. The summed E-state index contributed by atoms with van der Waals surface area (Å²) in [5.74, 6) is -0.781. The van der Waals surface area contributed by atoms with Crippen LogP contribution in [0.15, 0.2) is 36.7 Å². The molecule has 1 atom stereocenters. The first-order valence-corrected chi connectivity index (χ1v) is 7.54. The number of urea groups is 1. The zero-order valence-corrected chi connectivity index (χ0v) is 13.2. The van der Waals surface area contributed by atoms with Gasteiger partial charge in [0.1, 0.15) is 5.75 Å². The number of methoxy groups -OCH3 is 1. The molecule has 3 rings (SSSR count). The fraction of sp³-hybridized carbons (Fsp3) is 0.312. The second-order valence-electron chi connectivity index (χ2n) is 5.57. The minimum atomic E-state index is -0.868. The summed E-state index contributed by atoms with van der Waals surface area (Å²) in [5, 5.41) is 16.0. The number of carboxylic acids is 1. The molecule has 8 heteroatoms. The number of anilines is 1. The molecule has 1 saturated heterocycles. The summed E-state index contributed by atoms with van der Waals surface area (Å²) in [4.78, 5) is 24.8. The van der Waals surface area contributed by atoms with Gasteiger partial charge < -0.3 is 20.1 Å². The van der Waals surface area contributed by atoms with Gasteiger partial charge in [-0.3, -0.25) is 4.79 Å². The normalized spacial score (nSPS) is 16.9. The van der Waals surface area contributed by atoms with Crippen LogP contribution < -0.4 is 10.1 Å². The standard InChI is InChI=1S/C16H18N4O4/c1-24-14-8-12(7-13(9-14)20-5-2-4-17-20)18-16(23)19-6-3-11(10-19)15(21)22/h2,4-5,7-9,11H,3,6,10H2,1H3,(H,18,23)(H,21,22). The molecule has 0 radical (unpaired) electrons. The molecule has 0 aliphatic carbocycles. The summed E-state index contributed by atoms with van der Waals surface area (Å²) < 4.78 is 6.93. The number of carbonyl (C=O) groups is 2. The number of carboxylic acid groups (broad SMARTS) is 1. The topological polar surface area (TPSA) is 96.7 Å². The van der Waals surface area contributed by atoms with Gasteiger partial charge in [0, 0.05) is 43.3 Å². The molecule has 1 fully saturated rings. The van der Waals surface area contributed by atoms with Crippen LogP contribution in [0.25, 0.3) is 5.69 Å². The predicted octanol–water partition coefficient (Wildman–Crippen LogP) is 1.82. The predicted molar refractivity (Wildman–Crippen MR) is 86.5 cm³/mol. The van der Waals surface area contributed by atoms with Crippen molar-refractivity contribution in [3.05, 3.63) is 36.7 Å². The third-order valence-electron chi connectivity index (χ3n) is 3.97. The highest BCUT2D eigenvalue weighted by Gasteiger charge is 2.30. The van der Waals surface area contributed by atoms with Crippen LogP contribution in [0.4, 0.5) is 10.5 Å². The number of hydrogen-bond acceptors (Lipinski definition) is 4. The monoisotopic (exact) mass is 330 g/mol. The van der Waals surface area contributed by atoms with Gasteiger partial charge in [0.2, 0.25) is 0 Å². The van der Waals surface area contributed by atoms with Gasteiger partial charge >= 0.3 is 12.0 Å². The van der Waals surface area contributed by atoms with E-state index < -0.39 is 11.9 Å². The molecule has 2 amide bonds. The molecule has 2 N–H and O–H groups in total. The van der Waals surface area contributed by atoms with Crippen LogP contribution in [0.2, 0.25) is 0 Å². The van der Waals surface area contributed by atoms with E-state index in [-0.39, 0.29) is 12.6 Å². The van der Waals surface area contributed by atoms with E-state index >= 15 is 0 Å². The molecule has 1 unspecified atom stereocenters. The molecule has 1 aliphatic heterocycles. The number of aliphatic carboxylic acids is 1. The van der Waals surface area contributed by atoms with Crippen LogP contribution in [0.3, 0.4) is 0 Å². The molecule has 2 aromatic rings. The van der Waals surface area contributed by atoms with E-state index in [0.29, 0.717) is 24.4 Å². The van der Waals surface area contributed by atoms with Crippen molar-refractivity contribution in [1.82, 2.24) is 14.7 Å². The maximum absolute atomic E-state index is 12.3. The van der Waals surface area contributed by atoms with Gasteiger partial charge in [0.25, 0.3) is 0 Å². The number of hydrogen-bond donors (Lipinski definition) is 2. The summed E-state index contributed by atoms with van der Waals surface area (Å²) in [6.07, 6.45) is 3.92. The van der Waals surface area contributed by atoms with Crippen molar-refractivity contribution in [2.24, 2.45) is 5.92 Å². The molecule has 1 aliphatic rings. The molecule has 2 heterocycles. The van der Waals surface area contributed by atoms with Crippen molar-refractivity contribution in [1.29, 1.82) is 0 Å². The van der Waals surface area contributed by atoms with Crippen LogP contribution in [-0.4, -0.2) is 52.0 Å². The van der Waals surface area contributed by atoms with Gasteiger partial charge in [-0.15, -0.1) is 0 Å². The number of nitrogens with one attached hydrogen (secondary N) is 1. The van der Waals surface area contributed by atoms with E-state index in [2.05, 4.69) is 10.4 Å². The van der Waals surface area contributed by atoms with Crippen molar-refractivity contribution in [3.8, 4) is 11.4 Å². The maximum atomic E-state index is 12.3. The minimum Gasteiger partial charge on any atom is -0.497 e. The number of rotatable bonds is 4. The number of aromatic nitrogens is 2. The van der Waals surface area contributed by atoms with Crippen molar-refractivity contribution >= 4 is 17.7 Å². The van der Waals surface area contributed by atoms with E-state index in [1.54, 1.807) is 48.5 Å². The SMILES string of the molecule is COc1cc(NC(=O)N2CCC(C(=O)O)C2)cc(-n2cccn2)c1. The van der Waals surface area contributed by atoms with E-state index in [4.69, 9.17) is 9.84 Å². The Kier molecular flexibility index (Phi) is 4.37. The fourth-order valence-electron chi connectivity index (χ4n) is 2.68. The first-order chi connectivity index (χ1) is 11.6. The average Bonchev–Trinajstić information content (AvgIpc) is 3.26. The Morgan fingerprint density at radius 3 is 2.83 bits per heavy atom. The Labute approximate surface area is 138 Å². The first kappa shape index (κ1) is 15.9. The lowest BCUT2D eigenvalue weighted by molar-refractivity contribution is -0.141. The highest BCUT2D eigenvalue weighted by Crippen LogP contribution is 2.24. The molecule has 0 bridgehead atoms. The Morgan fingerprint density at radius 2 is 2.21 bits per heavy atom. The fourth-order valence-corrected chi connectivity index (χ4v) is 2.68. The van der Waals surface area contributed by atoms with Crippen LogP contribution in [0.5, 0.6) is 5.75 Å². The smallest absolute Gasteiger partial charge is 0.321 e. The second kappa shape index (κ2) is 6.61. The number of nitrogens with zero attached hydrogens (tertiary/aromatic N) is 3. The molecule has 0 saturated carbocycles. The summed E-state index contributed by atoms with van der Waals surface area (Å²) in [5.41, 5.74) is 1.31. The van der Waals surface area contributed by atoms with Crippen LogP contribution in [0, 0.1) is 5.92 Å². The average molecular weight is 330 g/mol. The van der Waals surface area contributed by atoms with Gasteiger partial charge in [-0.1, -0.05) is 0 Å². The lowest BCUT2D eigenvalue weighted by atomic mass is 10.1. The number of likely N-dealkylation sites (tertiary alicyclic amines) is 1. The van der Waals surface area contributed by atoms with Crippen molar-refractivity contribution in [2.45, 2.75) is 6.42 Å². The highest BCUT2D eigenvalue weighted by molar-refractivity contribution is 5.90. The third kappa shape index (κ3) is 3.32. The van der Waals surface area contributed by atoms with Gasteiger partial charge in [0.15, 0.2) is 0 Å². The lowest BCUT2D eigenvalue weighted by Crippen LogP contribution is -2.33. The molecule has 24 heavy (non-hydrogen) atoms. The number of amides is 2. The second-order valence-corrected chi connectivity index (χ2v) is 5.57. The number of benzene rings is 1. The number of ether oxygens (including phenoxy) is 1. The Hall–Kier alpha value is -3.03. The summed E-state index contributed by atoms with van der Waals surface area (Å²) in [6.45, 7) is 0.649. The van der Waals surface area contributed by atoms with Gasteiger partial charge in [0.05, 0.1) is 18.7 Å². The van der Waals surface area contributed by atoms with E-state index in [9.17, 15) is 9.59 Å². The largest absolute Gasteiger partial charge is 0.497 e. The van der Waals surface area contributed by atoms with E-state index in [0.717, 1.165) is 5.69 Å². The molecular formula is C16H18N4O4. The summed E-state index contributed by atoms with van der Waals surface area (Å²) in [7, 11) is 1.55. The maximum Gasteiger partial charge on any atom is 0.321 e. The van der Waals surface area contributed by atoms with Gasteiger partial charge in [-0.05, 0) is 18.6 Å². The lowest BCUT2D eigenvalue weighted by Gasteiger charge is -2.17. The Bertz CT molecular complexity index is 745. The minimum absolute atomic E-state index is 0.219. The van der Waals surface area contributed by atoms with Crippen molar-refractivity contribution < 1.29 is 19.4 Å². The molecule has 126 valence electrons. The molecule has 0 spiro atoms. The molecule has 1 aromatic carbocycles. The third-order valence-corrected chi connectivity index (χ3v) is 3.97. The van der Waals surface area contributed by atoms with Crippen LogP contribution in [-0.2, 0) is 4.79 Å². The van der Waals surface area contributed by atoms with Crippen LogP contribution >= 0.6 is 0 Å². The van der Waals surface area contributed by atoms with Crippen molar-refractivity contribution in [2.75, 3.05) is 25.5 Å². The number of carbonyl (C=O) groups excluding carboxylic acids is 1. The molecular weight excluding hydrogens is 312 g/mol. The van der Waals surface area contributed by atoms with Crippen molar-refractivity contribution in [3.63, 3.8) is 0 Å². The summed E-state index contributed by atoms with van der Waals surface area (Å²) in [6, 6.07) is 6.76. The Balaban J connectivity index is 1.76. The highest BCUT2D eigenvalue weighted by atomic mass is 16.5. The Morgan fingerprint density at radius 1 is 1.38 bits per heavy atom. The van der Waals surface area contributed by atoms with E-state index in [1.165, 1.54) is 4.90 Å². The van der Waals surface area contributed by atoms with E-state index in [1.807, 2.05) is 0 Å². The zero-order valence-electron chi connectivity index (χ0n) is 13.2. The quantitative estimate of drug-likeness (QED) is 0.891. The van der Waals surface area contributed by atoms with Crippen LogP contribution in [0.1, 0.15) is 6.42 Å². The molecule has 8 nitrogen and oxygen atoms in total.